The second-order valence-electron chi connectivity index (χ2n) is 4.77. The van der Waals surface area contributed by atoms with Crippen molar-refractivity contribution < 1.29 is 9.47 Å². The monoisotopic (exact) mass is 221 g/mol. The minimum atomic E-state index is -0.323. The van der Waals surface area contributed by atoms with E-state index in [-0.39, 0.29) is 17.7 Å². The summed E-state index contributed by atoms with van der Waals surface area (Å²) in [6.45, 7) is 6.21. The lowest BCUT2D eigenvalue weighted by molar-refractivity contribution is -0.0554. The van der Waals surface area contributed by atoms with Crippen LogP contribution in [0.2, 0.25) is 0 Å². The molecule has 16 heavy (non-hydrogen) atoms. The molecule has 0 amide bonds. The van der Waals surface area contributed by atoms with Crippen molar-refractivity contribution in [2.45, 2.75) is 38.5 Å². The van der Waals surface area contributed by atoms with E-state index < -0.39 is 0 Å². The molecule has 0 aromatic heterocycles. The number of rotatable bonds is 2. The fourth-order valence-electron chi connectivity index (χ4n) is 2.11. The smallest absolute Gasteiger partial charge is 0.162 e. The highest BCUT2D eigenvalue weighted by Crippen LogP contribution is 2.38. The van der Waals surface area contributed by atoms with Gasteiger partial charge in [0.1, 0.15) is 5.60 Å². The quantitative estimate of drug-likeness (QED) is 0.830. The Morgan fingerprint density at radius 3 is 2.50 bits per heavy atom. The van der Waals surface area contributed by atoms with E-state index in [2.05, 4.69) is 26.1 Å². The van der Waals surface area contributed by atoms with Gasteiger partial charge in [0, 0.05) is 6.04 Å². The number of hydrogen-bond acceptors (Lipinski definition) is 3. The highest BCUT2D eigenvalue weighted by molar-refractivity contribution is 5.42. The third kappa shape index (κ3) is 1.87. The summed E-state index contributed by atoms with van der Waals surface area (Å²) in [6.07, 6.45) is 0.00685. The van der Waals surface area contributed by atoms with Crippen LogP contribution in [0, 0.1) is 0 Å². The number of benzene rings is 1. The molecule has 0 aliphatic carbocycles. The first-order chi connectivity index (χ1) is 7.54. The summed E-state index contributed by atoms with van der Waals surface area (Å²) in [7, 11) is 1.94. The first-order valence-electron chi connectivity index (χ1n) is 5.66. The molecule has 2 rings (SSSR count). The molecule has 0 radical (unpaired) electrons. The summed E-state index contributed by atoms with van der Waals surface area (Å²) >= 11 is 0. The van der Waals surface area contributed by atoms with Gasteiger partial charge in [-0.1, -0.05) is 12.1 Å². The summed E-state index contributed by atoms with van der Waals surface area (Å²) in [5, 5.41) is 3.22. The molecule has 2 atom stereocenters. The molecular formula is C13H19NO2. The Morgan fingerprint density at radius 2 is 1.88 bits per heavy atom. The van der Waals surface area contributed by atoms with Gasteiger partial charge in [-0.3, -0.25) is 0 Å². The maximum Gasteiger partial charge on any atom is 0.162 e. The van der Waals surface area contributed by atoms with Crippen LogP contribution in [0.4, 0.5) is 0 Å². The molecule has 1 aliphatic rings. The average molecular weight is 221 g/mol. The van der Waals surface area contributed by atoms with Crippen molar-refractivity contribution in [2.24, 2.45) is 0 Å². The van der Waals surface area contributed by atoms with Gasteiger partial charge in [0.05, 0.1) is 0 Å². The third-order valence-electron chi connectivity index (χ3n) is 3.07. The van der Waals surface area contributed by atoms with Gasteiger partial charge in [0.2, 0.25) is 0 Å². The lowest BCUT2D eigenvalue weighted by atomic mass is 9.94. The van der Waals surface area contributed by atoms with Crippen molar-refractivity contribution in [2.75, 3.05) is 7.05 Å². The van der Waals surface area contributed by atoms with Crippen LogP contribution in [0.5, 0.6) is 11.5 Å². The highest BCUT2D eigenvalue weighted by atomic mass is 16.6. The second-order valence-corrected chi connectivity index (χ2v) is 4.77. The Bertz CT molecular complexity index is 376. The van der Waals surface area contributed by atoms with E-state index in [9.17, 15) is 0 Å². The fraction of sp³-hybridized carbons (Fsp3) is 0.538. The molecule has 1 N–H and O–H groups in total. The molecule has 3 nitrogen and oxygen atoms in total. The molecule has 0 bridgehead atoms. The normalized spacial score (nSPS) is 23.9. The van der Waals surface area contributed by atoms with Gasteiger partial charge in [-0.05, 0) is 40.0 Å². The van der Waals surface area contributed by atoms with Crippen molar-refractivity contribution in [1.29, 1.82) is 0 Å². The van der Waals surface area contributed by atoms with E-state index in [0.29, 0.717) is 0 Å². The first kappa shape index (κ1) is 11.3. The zero-order valence-corrected chi connectivity index (χ0v) is 10.3. The van der Waals surface area contributed by atoms with E-state index in [1.807, 2.05) is 31.3 Å². The number of fused-ring (bicyclic) bond motifs is 1. The van der Waals surface area contributed by atoms with Crippen LogP contribution in [0.1, 0.15) is 20.8 Å². The Hall–Kier alpha value is -1.22. The van der Waals surface area contributed by atoms with Crippen LogP contribution in [0.25, 0.3) is 0 Å². The predicted molar refractivity (Wildman–Crippen MR) is 64.1 cm³/mol. The Morgan fingerprint density at radius 1 is 1.25 bits per heavy atom. The molecule has 0 spiro atoms. The number of ether oxygens (including phenoxy) is 2. The SMILES string of the molecule is CNC(C)C1Oc2ccccc2OC1(C)C. The predicted octanol–water partition coefficient (Wildman–Crippen LogP) is 2.21. The Labute approximate surface area is 96.8 Å². The molecule has 0 fully saturated rings. The maximum absolute atomic E-state index is 6.01. The molecule has 1 aliphatic heterocycles. The fourth-order valence-corrected chi connectivity index (χ4v) is 2.11. The second kappa shape index (κ2) is 3.98. The van der Waals surface area contributed by atoms with Crippen molar-refractivity contribution in [1.82, 2.24) is 5.32 Å². The van der Waals surface area contributed by atoms with Gasteiger partial charge in [0.25, 0.3) is 0 Å². The third-order valence-corrected chi connectivity index (χ3v) is 3.07. The summed E-state index contributed by atoms with van der Waals surface area (Å²) in [4.78, 5) is 0. The van der Waals surface area contributed by atoms with Crippen LogP contribution in [0.15, 0.2) is 24.3 Å². The molecule has 0 saturated heterocycles. The van der Waals surface area contributed by atoms with Gasteiger partial charge in [-0.15, -0.1) is 0 Å². The Kier molecular flexibility index (Phi) is 2.80. The first-order valence-corrected chi connectivity index (χ1v) is 5.66. The Balaban J connectivity index is 2.31. The molecule has 3 heteroatoms. The van der Waals surface area contributed by atoms with Crippen molar-refractivity contribution in [3.05, 3.63) is 24.3 Å². The lowest BCUT2D eigenvalue weighted by Gasteiger charge is -2.42. The summed E-state index contributed by atoms with van der Waals surface area (Å²) in [5.74, 6) is 1.65. The number of likely N-dealkylation sites (N-methyl/N-ethyl adjacent to an activating group) is 1. The molecule has 0 saturated carbocycles. The molecule has 1 aromatic rings. The van der Waals surface area contributed by atoms with Gasteiger partial charge < -0.3 is 14.8 Å². The number of hydrogen-bond donors (Lipinski definition) is 1. The minimum Gasteiger partial charge on any atom is -0.481 e. The molecule has 1 aromatic carbocycles. The van der Waals surface area contributed by atoms with Crippen molar-refractivity contribution in [3.63, 3.8) is 0 Å². The molecule has 2 unspecified atom stereocenters. The zero-order chi connectivity index (χ0) is 11.8. The average Bonchev–Trinajstić information content (AvgIpc) is 2.26. The number of para-hydroxylation sites is 2. The largest absolute Gasteiger partial charge is 0.481 e. The van der Waals surface area contributed by atoms with Crippen LogP contribution >= 0.6 is 0 Å². The van der Waals surface area contributed by atoms with Gasteiger partial charge in [-0.25, -0.2) is 0 Å². The van der Waals surface area contributed by atoms with Crippen molar-refractivity contribution in [3.8, 4) is 11.5 Å². The van der Waals surface area contributed by atoms with Gasteiger partial charge in [-0.2, -0.15) is 0 Å². The van der Waals surface area contributed by atoms with E-state index in [1.165, 1.54) is 0 Å². The van der Waals surface area contributed by atoms with E-state index >= 15 is 0 Å². The van der Waals surface area contributed by atoms with Crippen molar-refractivity contribution >= 4 is 0 Å². The summed E-state index contributed by atoms with van der Waals surface area (Å²) < 4.78 is 12.0. The molecular weight excluding hydrogens is 202 g/mol. The van der Waals surface area contributed by atoms with Crippen LogP contribution in [-0.2, 0) is 0 Å². The highest BCUT2D eigenvalue weighted by Gasteiger charge is 2.41. The van der Waals surface area contributed by atoms with Gasteiger partial charge >= 0.3 is 0 Å². The summed E-state index contributed by atoms with van der Waals surface area (Å²) in [6, 6.07) is 8.04. The summed E-state index contributed by atoms with van der Waals surface area (Å²) in [5.41, 5.74) is -0.323. The number of nitrogens with one attached hydrogen (secondary N) is 1. The maximum atomic E-state index is 6.01. The zero-order valence-electron chi connectivity index (χ0n) is 10.3. The standard InChI is InChI=1S/C13H19NO2/c1-9(14-4)12-13(2,3)16-11-8-6-5-7-10(11)15-12/h5-9,12,14H,1-4H3. The van der Waals surface area contributed by atoms with Crippen LogP contribution < -0.4 is 14.8 Å². The van der Waals surface area contributed by atoms with E-state index in [1.54, 1.807) is 0 Å². The van der Waals surface area contributed by atoms with E-state index in [4.69, 9.17) is 9.47 Å². The van der Waals surface area contributed by atoms with Gasteiger partial charge in [0.15, 0.2) is 17.6 Å². The lowest BCUT2D eigenvalue weighted by Crippen LogP contribution is -2.56. The van der Waals surface area contributed by atoms with Crippen LogP contribution in [-0.4, -0.2) is 24.8 Å². The van der Waals surface area contributed by atoms with Crippen LogP contribution in [0.3, 0.4) is 0 Å². The molecule has 88 valence electrons. The topological polar surface area (TPSA) is 30.5 Å². The minimum absolute atomic E-state index is 0.00685. The molecule has 1 heterocycles. The van der Waals surface area contributed by atoms with E-state index in [0.717, 1.165) is 11.5 Å².